The van der Waals surface area contributed by atoms with E-state index in [1.54, 1.807) is 33.7 Å². The van der Waals surface area contributed by atoms with Gasteiger partial charge in [-0.3, -0.25) is 14.4 Å². The van der Waals surface area contributed by atoms with E-state index in [2.05, 4.69) is 47.8 Å². The van der Waals surface area contributed by atoms with Gasteiger partial charge in [0.2, 0.25) is 17.7 Å². The molecule has 7 nitrogen and oxygen atoms in total. The monoisotopic (exact) mass is 623 g/mol. The van der Waals surface area contributed by atoms with Crippen LogP contribution < -0.4 is 0 Å². The molecule has 6 atom stereocenters. The number of hydrogen-bond donors (Lipinski definition) is 1. The molecule has 2 unspecified atom stereocenters. The van der Waals surface area contributed by atoms with Gasteiger partial charge in [-0.15, -0.1) is 24.9 Å². The van der Waals surface area contributed by atoms with Crippen molar-refractivity contribution in [3.8, 4) is 0 Å². The molecule has 3 saturated heterocycles. The molecule has 44 heavy (non-hydrogen) atoms. The lowest BCUT2D eigenvalue weighted by molar-refractivity contribution is -0.150. The van der Waals surface area contributed by atoms with Crippen molar-refractivity contribution in [1.82, 2.24) is 14.7 Å². The van der Waals surface area contributed by atoms with Crippen molar-refractivity contribution in [3.63, 3.8) is 0 Å². The molecule has 4 rings (SSSR count). The van der Waals surface area contributed by atoms with E-state index in [0.29, 0.717) is 26.1 Å². The van der Waals surface area contributed by atoms with Crippen molar-refractivity contribution in [1.29, 1.82) is 0 Å². The van der Waals surface area contributed by atoms with E-state index >= 15 is 4.79 Å². The van der Waals surface area contributed by atoms with Crippen LogP contribution >= 0.6 is 11.8 Å². The molecule has 3 amide bonds. The smallest absolute Gasteiger partial charge is 0.247 e. The highest BCUT2D eigenvalue weighted by atomic mass is 32.2. The van der Waals surface area contributed by atoms with E-state index in [-0.39, 0.29) is 40.9 Å². The number of benzene rings is 1. The third-order valence-electron chi connectivity index (χ3n) is 9.72. The third kappa shape index (κ3) is 6.26. The number of aliphatic hydroxyl groups excluding tert-OH is 1. The van der Waals surface area contributed by atoms with Gasteiger partial charge in [-0.05, 0) is 50.0 Å². The predicted octanol–water partition coefficient (Wildman–Crippen LogP) is 5.54. The zero-order valence-corrected chi connectivity index (χ0v) is 28.6. The summed E-state index contributed by atoms with van der Waals surface area (Å²) in [7, 11) is 0. The topological polar surface area (TPSA) is 81.2 Å². The van der Waals surface area contributed by atoms with E-state index in [4.69, 9.17) is 0 Å². The maximum atomic E-state index is 15.0. The fraction of sp³-hybridized carbons (Fsp3) is 0.639. The summed E-state index contributed by atoms with van der Waals surface area (Å²) in [6.07, 6.45) is 5.71. The highest BCUT2D eigenvalue weighted by molar-refractivity contribution is 8.02. The van der Waals surface area contributed by atoms with Crippen LogP contribution in [0.1, 0.15) is 73.3 Å². The van der Waals surface area contributed by atoms with Crippen LogP contribution in [-0.4, -0.2) is 84.8 Å². The van der Waals surface area contributed by atoms with E-state index in [0.717, 1.165) is 18.4 Å². The quantitative estimate of drug-likeness (QED) is 0.292. The lowest BCUT2D eigenvalue weighted by atomic mass is 9.70. The van der Waals surface area contributed by atoms with Crippen LogP contribution in [-0.2, 0) is 20.9 Å². The second kappa shape index (κ2) is 13.0. The number of carbonyl (C=O) groups excluding carboxylic acids is 3. The zero-order chi connectivity index (χ0) is 32.6. The number of rotatable bonds is 13. The van der Waals surface area contributed by atoms with Gasteiger partial charge in [0, 0.05) is 30.4 Å². The first-order chi connectivity index (χ1) is 20.6. The Kier molecular flexibility index (Phi) is 10.2. The molecule has 1 N–H and O–H groups in total. The second-order valence-electron chi connectivity index (χ2n) is 15.1. The lowest BCUT2D eigenvalue weighted by Crippen LogP contribution is -2.62. The lowest BCUT2D eigenvalue weighted by Gasteiger charge is -2.47. The highest BCUT2D eigenvalue weighted by Gasteiger charge is 2.75. The van der Waals surface area contributed by atoms with E-state index < -0.39 is 34.2 Å². The highest BCUT2D eigenvalue weighted by Crippen LogP contribution is 2.67. The number of thioether (sulfide) groups is 1. The van der Waals surface area contributed by atoms with Crippen molar-refractivity contribution < 1.29 is 19.5 Å². The summed E-state index contributed by atoms with van der Waals surface area (Å²) in [5.74, 6) is -1.57. The number of amides is 3. The molecule has 0 aliphatic carbocycles. The van der Waals surface area contributed by atoms with Gasteiger partial charge in [0.05, 0.1) is 29.2 Å². The SMILES string of the molecule is C=CCN(Cc1ccccc1)C(=O)[C@@H]1[C@@H]2CCC3(S2)C(C(=O)N(CC=C)C(C)(C)CC(C)(C)C)N([C@@H](CO)C(C)C)C(=O)[C@H]13. The number of aliphatic hydroxyl groups is 1. The average Bonchev–Trinajstić information content (AvgIpc) is 3.58. The summed E-state index contributed by atoms with van der Waals surface area (Å²) in [6.45, 7) is 23.4. The molecule has 8 heteroatoms. The number of carbonyl (C=O) groups is 3. The zero-order valence-electron chi connectivity index (χ0n) is 27.8. The third-order valence-corrected chi connectivity index (χ3v) is 11.7. The Bertz CT molecular complexity index is 1240. The summed E-state index contributed by atoms with van der Waals surface area (Å²) in [4.78, 5) is 49.6. The van der Waals surface area contributed by atoms with Gasteiger partial charge >= 0.3 is 0 Å². The number of hydrogen-bond acceptors (Lipinski definition) is 5. The van der Waals surface area contributed by atoms with Crippen LogP contribution in [0.3, 0.4) is 0 Å². The molecule has 1 aromatic carbocycles. The maximum absolute atomic E-state index is 15.0. The average molecular weight is 624 g/mol. The van der Waals surface area contributed by atoms with Crippen molar-refractivity contribution in [2.45, 2.75) is 102 Å². The standard InChI is InChI=1S/C36H53N3O4S/c1-10-19-37(21-25-15-13-12-14-16-25)31(41)28-27-17-18-36(44-27)29(28)32(42)39(26(22-40)24(3)4)30(36)33(43)38(20-11-2)35(8,9)23-34(5,6)7/h10-16,24,26-30,40H,1-2,17-23H2,3-9H3/t26-,27-,28+,29-,30?,36?/m0/s1. The van der Waals surface area contributed by atoms with Crippen LogP contribution in [0.25, 0.3) is 0 Å². The molecule has 242 valence electrons. The second-order valence-corrected chi connectivity index (χ2v) is 16.7. The van der Waals surface area contributed by atoms with Gasteiger partial charge in [0.15, 0.2) is 0 Å². The van der Waals surface area contributed by atoms with Crippen LogP contribution in [0.2, 0.25) is 0 Å². The summed E-state index contributed by atoms with van der Waals surface area (Å²) in [5.41, 5.74) is 0.473. The van der Waals surface area contributed by atoms with Gasteiger partial charge in [-0.1, -0.05) is 77.1 Å². The van der Waals surface area contributed by atoms with Crippen molar-refractivity contribution in [3.05, 3.63) is 61.2 Å². The van der Waals surface area contributed by atoms with Crippen molar-refractivity contribution >= 4 is 29.5 Å². The molecule has 3 aliphatic rings. The Morgan fingerprint density at radius 3 is 2.27 bits per heavy atom. The molecule has 0 aromatic heterocycles. The van der Waals surface area contributed by atoms with Gasteiger partial charge in [-0.25, -0.2) is 0 Å². The molecule has 1 spiro atoms. The van der Waals surface area contributed by atoms with Crippen LogP contribution in [0.4, 0.5) is 0 Å². The first-order valence-electron chi connectivity index (χ1n) is 16.1. The van der Waals surface area contributed by atoms with Crippen LogP contribution in [0.5, 0.6) is 0 Å². The van der Waals surface area contributed by atoms with E-state index in [1.807, 2.05) is 49.1 Å². The van der Waals surface area contributed by atoms with Gasteiger partial charge < -0.3 is 19.8 Å². The molecule has 0 saturated carbocycles. The molecular formula is C36H53N3O4S. The Morgan fingerprint density at radius 2 is 1.73 bits per heavy atom. The minimum atomic E-state index is -0.770. The summed E-state index contributed by atoms with van der Waals surface area (Å²) >= 11 is 1.68. The van der Waals surface area contributed by atoms with E-state index in [1.165, 1.54) is 0 Å². The molecule has 3 aliphatic heterocycles. The Morgan fingerprint density at radius 1 is 1.09 bits per heavy atom. The van der Waals surface area contributed by atoms with Crippen LogP contribution in [0, 0.1) is 23.2 Å². The van der Waals surface area contributed by atoms with Crippen LogP contribution in [0.15, 0.2) is 55.6 Å². The first kappa shape index (κ1) is 34.3. The normalized spacial score (nSPS) is 26.9. The maximum Gasteiger partial charge on any atom is 0.247 e. The van der Waals surface area contributed by atoms with E-state index in [9.17, 15) is 14.7 Å². The van der Waals surface area contributed by atoms with Crippen molar-refractivity contribution in [2.24, 2.45) is 23.2 Å². The largest absolute Gasteiger partial charge is 0.394 e. The molecular weight excluding hydrogens is 570 g/mol. The molecule has 1 aromatic rings. The van der Waals surface area contributed by atoms with Crippen molar-refractivity contribution in [2.75, 3.05) is 19.7 Å². The number of fused-ring (bicyclic) bond motifs is 1. The number of likely N-dealkylation sites (tertiary alicyclic amines) is 1. The Balaban J connectivity index is 1.79. The fourth-order valence-corrected chi connectivity index (χ4v) is 10.5. The molecule has 0 radical (unpaired) electrons. The minimum absolute atomic E-state index is 0.0355. The van der Waals surface area contributed by atoms with Gasteiger partial charge in [0.25, 0.3) is 0 Å². The predicted molar refractivity (Wildman–Crippen MR) is 179 cm³/mol. The Labute approximate surface area is 269 Å². The summed E-state index contributed by atoms with van der Waals surface area (Å²) in [5, 5.41) is 10.6. The first-order valence-corrected chi connectivity index (χ1v) is 17.0. The minimum Gasteiger partial charge on any atom is -0.394 e. The van der Waals surface area contributed by atoms with Gasteiger partial charge in [-0.2, -0.15) is 0 Å². The Hall–Kier alpha value is -2.58. The summed E-state index contributed by atoms with van der Waals surface area (Å²) in [6, 6.07) is 8.57. The fourth-order valence-electron chi connectivity index (χ4n) is 8.34. The van der Waals surface area contributed by atoms with Gasteiger partial charge in [0.1, 0.15) is 6.04 Å². The molecule has 2 bridgehead atoms. The summed E-state index contributed by atoms with van der Waals surface area (Å²) < 4.78 is -0.731. The molecule has 3 heterocycles. The number of nitrogens with zero attached hydrogens (tertiary/aromatic N) is 3. The molecule has 3 fully saturated rings.